The van der Waals surface area contributed by atoms with Gasteiger partial charge in [0.2, 0.25) is 0 Å². The van der Waals surface area contributed by atoms with Gasteiger partial charge in [0.25, 0.3) is 0 Å². The second-order valence-corrected chi connectivity index (χ2v) is 3.35. The Kier molecular flexibility index (Phi) is 2.74. The van der Waals surface area contributed by atoms with Crippen LogP contribution >= 0.6 is 0 Å². The van der Waals surface area contributed by atoms with Gasteiger partial charge in [0, 0.05) is 6.20 Å². The lowest BCUT2D eigenvalue weighted by Gasteiger charge is -2.18. The molecular formula is C9H17N3. The van der Waals surface area contributed by atoms with Crippen LogP contribution in [0.1, 0.15) is 33.2 Å². The van der Waals surface area contributed by atoms with Crippen LogP contribution in [0.4, 0.5) is 5.82 Å². The summed E-state index contributed by atoms with van der Waals surface area (Å²) in [6.45, 7) is 6.58. The van der Waals surface area contributed by atoms with Crippen molar-refractivity contribution in [1.29, 1.82) is 0 Å². The number of aromatic nitrogens is 2. The SMILES string of the molecule is CCC(C)C(C)n1ccc(N)n1. The third-order valence-corrected chi connectivity index (χ3v) is 2.51. The largest absolute Gasteiger partial charge is 0.382 e. The molecule has 1 aromatic heterocycles. The highest BCUT2D eigenvalue weighted by Crippen LogP contribution is 2.19. The van der Waals surface area contributed by atoms with E-state index in [9.17, 15) is 0 Å². The van der Waals surface area contributed by atoms with Crippen molar-refractivity contribution in [3.63, 3.8) is 0 Å². The molecule has 1 aromatic rings. The van der Waals surface area contributed by atoms with Crippen LogP contribution in [0.15, 0.2) is 12.3 Å². The maximum Gasteiger partial charge on any atom is 0.145 e. The van der Waals surface area contributed by atoms with Gasteiger partial charge in [0.15, 0.2) is 0 Å². The Labute approximate surface area is 73.6 Å². The van der Waals surface area contributed by atoms with E-state index in [0.717, 1.165) is 0 Å². The zero-order valence-electron chi connectivity index (χ0n) is 7.99. The third kappa shape index (κ3) is 1.78. The minimum Gasteiger partial charge on any atom is -0.382 e. The first-order chi connectivity index (χ1) is 5.65. The van der Waals surface area contributed by atoms with E-state index in [2.05, 4.69) is 25.9 Å². The Morgan fingerprint density at radius 3 is 2.67 bits per heavy atom. The lowest BCUT2D eigenvalue weighted by atomic mass is 10.0. The topological polar surface area (TPSA) is 43.8 Å². The first-order valence-electron chi connectivity index (χ1n) is 4.45. The number of anilines is 1. The van der Waals surface area contributed by atoms with E-state index in [-0.39, 0.29) is 0 Å². The maximum atomic E-state index is 5.53. The molecule has 0 saturated heterocycles. The minimum atomic E-state index is 0.437. The summed E-state index contributed by atoms with van der Waals surface area (Å²) in [5.41, 5.74) is 5.53. The van der Waals surface area contributed by atoms with Crippen LogP contribution in [-0.2, 0) is 0 Å². The molecule has 1 rings (SSSR count). The molecule has 12 heavy (non-hydrogen) atoms. The minimum absolute atomic E-state index is 0.437. The van der Waals surface area contributed by atoms with E-state index in [0.29, 0.717) is 17.8 Å². The summed E-state index contributed by atoms with van der Waals surface area (Å²) < 4.78 is 1.93. The van der Waals surface area contributed by atoms with Crippen molar-refractivity contribution in [2.75, 3.05) is 5.73 Å². The van der Waals surface area contributed by atoms with Gasteiger partial charge in [-0.25, -0.2) is 0 Å². The molecule has 0 spiro atoms. The molecule has 0 amide bonds. The van der Waals surface area contributed by atoms with Crippen LogP contribution in [0.5, 0.6) is 0 Å². The Morgan fingerprint density at radius 2 is 2.25 bits per heavy atom. The molecule has 0 radical (unpaired) electrons. The fourth-order valence-corrected chi connectivity index (χ4v) is 1.18. The van der Waals surface area contributed by atoms with Crippen molar-refractivity contribution in [1.82, 2.24) is 9.78 Å². The van der Waals surface area contributed by atoms with Crippen LogP contribution < -0.4 is 5.73 Å². The monoisotopic (exact) mass is 167 g/mol. The van der Waals surface area contributed by atoms with Crippen molar-refractivity contribution in [3.05, 3.63) is 12.3 Å². The van der Waals surface area contributed by atoms with Gasteiger partial charge in [-0.05, 0) is 18.9 Å². The molecule has 1 heterocycles. The van der Waals surface area contributed by atoms with Crippen LogP contribution in [0.3, 0.4) is 0 Å². The zero-order valence-corrected chi connectivity index (χ0v) is 7.99. The summed E-state index contributed by atoms with van der Waals surface area (Å²) in [4.78, 5) is 0. The van der Waals surface area contributed by atoms with Gasteiger partial charge in [-0.15, -0.1) is 0 Å². The van der Waals surface area contributed by atoms with E-state index in [1.807, 2.05) is 16.9 Å². The predicted molar refractivity (Wildman–Crippen MR) is 50.8 cm³/mol. The molecule has 2 N–H and O–H groups in total. The Balaban J connectivity index is 2.70. The molecular weight excluding hydrogens is 150 g/mol. The average molecular weight is 167 g/mol. The van der Waals surface area contributed by atoms with Crippen molar-refractivity contribution in [2.45, 2.75) is 33.2 Å². The normalized spacial score (nSPS) is 15.9. The predicted octanol–water partition coefficient (Wildman–Crippen LogP) is 2.07. The molecule has 0 saturated carbocycles. The molecule has 0 aliphatic heterocycles. The smallest absolute Gasteiger partial charge is 0.145 e. The van der Waals surface area contributed by atoms with Crippen molar-refractivity contribution >= 4 is 5.82 Å². The molecule has 0 aliphatic rings. The highest BCUT2D eigenvalue weighted by atomic mass is 15.3. The summed E-state index contributed by atoms with van der Waals surface area (Å²) in [6.07, 6.45) is 3.10. The van der Waals surface area contributed by atoms with Crippen molar-refractivity contribution in [2.24, 2.45) is 5.92 Å². The second-order valence-electron chi connectivity index (χ2n) is 3.35. The van der Waals surface area contributed by atoms with Crippen molar-refractivity contribution in [3.8, 4) is 0 Å². The van der Waals surface area contributed by atoms with E-state index >= 15 is 0 Å². The van der Waals surface area contributed by atoms with Gasteiger partial charge in [-0.2, -0.15) is 5.10 Å². The number of hydrogen-bond acceptors (Lipinski definition) is 2. The number of hydrogen-bond donors (Lipinski definition) is 1. The molecule has 68 valence electrons. The highest BCUT2D eigenvalue weighted by Gasteiger charge is 2.12. The lowest BCUT2D eigenvalue weighted by molar-refractivity contribution is 0.344. The lowest BCUT2D eigenvalue weighted by Crippen LogP contribution is -2.14. The molecule has 0 bridgehead atoms. The molecule has 2 atom stereocenters. The van der Waals surface area contributed by atoms with Crippen LogP contribution in [0.25, 0.3) is 0 Å². The fraction of sp³-hybridized carbons (Fsp3) is 0.667. The summed E-state index contributed by atoms with van der Waals surface area (Å²) in [5.74, 6) is 1.24. The Bertz CT molecular complexity index is 242. The summed E-state index contributed by atoms with van der Waals surface area (Å²) in [5, 5.41) is 4.17. The second kappa shape index (κ2) is 3.61. The van der Waals surface area contributed by atoms with Gasteiger partial charge in [-0.1, -0.05) is 20.3 Å². The number of nitrogens with two attached hydrogens (primary N) is 1. The van der Waals surface area contributed by atoms with Gasteiger partial charge >= 0.3 is 0 Å². The van der Waals surface area contributed by atoms with E-state index < -0.39 is 0 Å². The number of rotatable bonds is 3. The maximum absolute atomic E-state index is 5.53. The molecule has 3 nitrogen and oxygen atoms in total. The number of nitrogen functional groups attached to an aromatic ring is 1. The molecule has 2 unspecified atom stereocenters. The first kappa shape index (κ1) is 9.10. The van der Waals surface area contributed by atoms with E-state index in [4.69, 9.17) is 5.73 Å². The Morgan fingerprint density at radius 1 is 1.58 bits per heavy atom. The average Bonchev–Trinajstić information content (AvgIpc) is 2.49. The molecule has 0 fully saturated rings. The highest BCUT2D eigenvalue weighted by molar-refractivity contribution is 5.23. The molecule has 0 aromatic carbocycles. The van der Waals surface area contributed by atoms with E-state index in [1.165, 1.54) is 6.42 Å². The summed E-state index contributed by atoms with van der Waals surface area (Å²) in [6, 6.07) is 2.27. The Hall–Kier alpha value is -0.990. The first-order valence-corrected chi connectivity index (χ1v) is 4.45. The zero-order chi connectivity index (χ0) is 9.14. The summed E-state index contributed by atoms with van der Waals surface area (Å²) >= 11 is 0. The van der Waals surface area contributed by atoms with Crippen LogP contribution in [0.2, 0.25) is 0 Å². The third-order valence-electron chi connectivity index (χ3n) is 2.51. The van der Waals surface area contributed by atoms with Gasteiger partial charge in [0.05, 0.1) is 6.04 Å². The number of nitrogens with zero attached hydrogens (tertiary/aromatic N) is 2. The van der Waals surface area contributed by atoms with Crippen LogP contribution in [-0.4, -0.2) is 9.78 Å². The van der Waals surface area contributed by atoms with Gasteiger partial charge in [0.1, 0.15) is 5.82 Å². The fourth-order valence-electron chi connectivity index (χ4n) is 1.18. The summed E-state index contributed by atoms with van der Waals surface area (Å²) in [7, 11) is 0. The standard InChI is InChI=1S/C9H17N3/c1-4-7(2)8(3)12-6-5-9(10)11-12/h5-8H,4H2,1-3H3,(H2,10,11). The quantitative estimate of drug-likeness (QED) is 0.749. The van der Waals surface area contributed by atoms with Gasteiger partial charge in [-0.3, -0.25) is 4.68 Å². The van der Waals surface area contributed by atoms with Gasteiger partial charge < -0.3 is 5.73 Å². The van der Waals surface area contributed by atoms with E-state index in [1.54, 1.807) is 0 Å². The molecule has 0 aliphatic carbocycles. The van der Waals surface area contributed by atoms with Crippen molar-refractivity contribution < 1.29 is 0 Å². The molecule has 3 heteroatoms. The van der Waals surface area contributed by atoms with Crippen LogP contribution in [0, 0.1) is 5.92 Å².